The van der Waals surface area contributed by atoms with Gasteiger partial charge in [0.15, 0.2) is 0 Å². The zero-order valence-electron chi connectivity index (χ0n) is 11.2. The van der Waals surface area contributed by atoms with Crippen molar-refractivity contribution in [2.75, 3.05) is 13.1 Å². The number of likely N-dealkylation sites (tertiary alicyclic amines) is 1. The molecule has 0 atom stereocenters. The molecule has 96 valence electrons. The van der Waals surface area contributed by atoms with Crippen molar-refractivity contribution in [3.05, 3.63) is 17.5 Å². The lowest BCUT2D eigenvalue weighted by atomic mass is 10.1. The number of aromatic nitrogens is 2. The number of hydrogen-bond donors (Lipinski definition) is 1. The molecule has 1 aliphatic heterocycles. The van der Waals surface area contributed by atoms with E-state index in [0.717, 1.165) is 38.2 Å². The van der Waals surface area contributed by atoms with Crippen LogP contribution in [0.5, 0.6) is 0 Å². The van der Waals surface area contributed by atoms with Gasteiger partial charge in [-0.15, -0.1) is 0 Å². The summed E-state index contributed by atoms with van der Waals surface area (Å²) in [5, 5.41) is 4.56. The molecule has 0 saturated carbocycles. The molecule has 1 aromatic rings. The second-order valence-corrected chi connectivity index (χ2v) is 5.43. The Morgan fingerprint density at radius 3 is 2.59 bits per heavy atom. The normalized spacial score (nSPS) is 19.1. The first-order valence-corrected chi connectivity index (χ1v) is 6.59. The van der Waals surface area contributed by atoms with E-state index < -0.39 is 0 Å². The summed E-state index contributed by atoms with van der Waals surface area (Å²) in [6, 6.07) is 0.850. The topological polar surface area (TPSA) is 47.1 Å². The quantitative estimate of drug-likeness (QED) is 0.869. The van der Waals surface area contributed by atoms with Gasteiger partial charge in [0.05, 0.1) is 5.69 Å². The molecular formula is C13H24N4. The third-order valence-corrected chi connectivity index (χ3v) is 3.57. The number of nitrogens with two attached hydrogens (primary N) is 1. The van der Waals surface area contributed by atoms with Crippen LogP contribution in [0, 0.1) is 6.92 Å². The van der Waals surface area contributed by atoms with Gasteiger partial charge in [0.2, 0.25) is 0 Å². The van der Waals surface area contributed by atoms with Crippen molar-refractivity contribution in [1.29, 1.82) is 0 Å². The maximum Gasteiger partial charge on any atom is 0.0638 e. The van der Waals surface area contributed by atoms with Gasteiger partial charge in [0.1, 0.15) is 0 Å². The Hall–Kier alpha value is -0.870. The highest BCUT2D eigenvalue weighted by molar-refractivity contribution is 5.15. The van der Waals surface area contributed by atoms with E-state index in [1.165, 1.54) is 5.56 Å². The van der Waals surface area contributed by atoms with Crippen LogP contribution < -0.4 is 5.73 Å². The monoisotopic (exact) mass is 236 g/mol. The van der Waals surface area contributed by atoms with E-state index in [1.807, 2.05) is 0 Å². The largest absolute Gasteiger partial charge is 0.328 e. The highest BCUT2D eigenvalue weighted by atomic mass is 15.3. The van der Waals surface area contributed by atoms with Gasteiger partial charge in [-0.25, -0.2) is 0 Å². The smallest absolute Gasteiger partial charge is 0.0638 e. The lowest BCUT2D eigenvalue weighted by Gasteiger charge is -2.29. The Kier molecular flexibility index (Phi) is 3.84. The molecule has 0 unspecified atom stereocenters. The van der Waals surface area contributed by atoms with Gasteiger partial charge in [-0.1, -0.05) is 0 Å². The zero-order chi connectivity index (χ0) is 12.4. The SMILES string of the molecule is Cc1nn(C(C)C)cc1CN1CCC(N)CC1. The Morgan fingerprint density at radius 1 is 1.41 bits per heavy atom. The molecule has 0 radical (unpaired) electrons. The van der Waals surface area contributed by atoms with Crippen molar-refractivity contribution in [1.82, 2.24) is 14.7 Å². The Balaban J connectivity index is 1.98. The zero-order valence-corrected chi connectivity index (χ0v) is 11.2. The van der Waals surface area contributed by atoms with E-state index in [2.05, 4.69) is 41.6 Å². The Labute approximate surface area is 104 Å². The second kappa shape index (κ2) is 5.19. The van der Waals surface area contributed by atoms with Crippen molar-refractivity contribution in [3.63, 3.8) is 0 Å². The van der Waals surface area contributed by atoms with Crippen LogP contribution >= 0.6 is 0 Å². The molecule has 0 amide bonds. The van der Waals surface area contributed by atoms with Crippen LogP contribution in [0.15, 0.2) is 6.20 Å². The van der Waals surface area contributed by atoms with Crippen molar-refractivity contribution in [2.24, 2.45) is 5.73 Å². The van der Waals surface area contributed by atoms with Gasteiger partial charge in [-0.3, -0.25) is 9.58 Å². The highest BCUT2D eigenvalue weighted by Gasteiger charge is 2.17. The molecule has 0 spiro atoms. The average molecular weight is 236 g/mol. The van der Waals surface area contributed by atoms with Gasteiger partial charge in [0, 0.05) is 30.4 Å². The molecule has 0 bridgehead atoms. The Morgan fingerprint density at radius 2 is 2.06 bits per heavy atom. The summed E-state index contributed by atoms with van der Waals surface area (Å²) < 4.78 is 2.06. The maximum atomic E-state index is 5.92. The first-order valence-electron chi connectivity index (χ1n) is 6.59. The highest BCUT2D eigenvalue weighted by Crippen LogP contribution is 2.16. The third kappa shape index (κ3) is 3.07. The van der Waals surface area contributed by atoms with Crippen LogP contribution in [0.4, 0.5) is 0 Å². The number of hydrogen-bond acceptors (Lipinski definition) is 3. The van der Waals surface area contributed by atoms with Crippen LogP contribution in [0.2, 0.25) is 0 Å². The summed E-state index contributed by atoms with van der Waals surface area (Å²) >= 11 is 0. The van der Waals surface area contributed by atoms with Gasteiger partial charge in [-0.2, -0.15) is 5.10 Å². The fourth-order valence-corrected chi connectivity index (χ4v) is 2.29. The molecule has 0 aromatic carbocycles. The molecule has 0 aliphatic carbocycles. The predicted octanol–water partition coefficient (Wildman–Crippen LogP) is 1.70. The molecule has 1 fully saturated rings. The molecule has 2 rings (SSSR count). The van der Waals surface area contributed by atoms with Crippen LogP contribution in [0.25, 0.3) is 0 Å². The number of rotatable bonds is 3. The Bertz CT molecular complexity index is 361. The first-order chi connectivity index (χ1) is 8.06. The summed E-state index contributed by atoms with van der Waals surface area (Å²) in [6.07, 6.45) is 4.43. The second-order valence-electron chi connectivity index (χ2n) is 5.43. The van der Waals surface area contributed by atoms with Gasteiger partial charge >= 0.3 is 0 Å². The standard InChI is InChI=1S/C13H24N4/c1-10(2)17-9-12(11(3)15-17)8-16-6-4-13(14)5-7-16/h9-10,13H,4-8,14H2,1-3H3. The van der Waals surface area contributed by atoms with Gasteiger partial charge in [0.25, 0.3) is 0 Å². The lowest BCUT2D eigenvalue weighted by Crippen LogP contribution is -2.39. The molecule has 2 heterocycles. The average Bonchev–Trinajstić information content (AvgIpc) is 2.64. The molecule has 1 saturated heterocycles. The van der Waals surface area contributed by atoms with Crippen LogP contribution in [-0.4, -0.2) is 33.8 Å². The minimum Gasteiger partial charge on any atom is -0.328 e. The molecule has 2 N–H and O–H groups in total. The third-order valence-electron chi connectivity index (χ3n) is 3.57. The minimum atomic E-state index is 0.408. The number of nitrogens with zero attached hydrogens (tertiary/aromatic N) is 3. The van der Waals surface area contributed by atoms with Crippen LogP contribution in [0.1, 0.15) is 44.0 Å². The fourth-order valence-electron chi connectivity index (χ4n) is 2.29. The summed E-state index contributed by atoms with van der Waals surface area (Å²) in [5.41, 5.74) is 8.44. The molecule has 17 heavy (non-hydrogen) atoms. The summed E-state index contributed by atoms with van der Waals surface area (Å²) in [7, 11) is 0. The van der Waals surface area contributed by atoms with Crippen LogP contribution in [0.3, 0.4) is 0 Å². The molecule has 1 aliphatic rings. The van der Waals surface area contributed by atoms with E-state index in [4.69, 9.17) is 5.73 Å². The van der Waals surface area contributed by atoms with E-state index in [0.29, 0.717) is 12.1 Å². The summed E-state index contributed by atoms with van der Waals surface area (Å²) in [5.74, 6) is 0. The van der Waals surface area contributed by atoms with Crippen LogP contribution in [-0.2, 0) is 6.54 Å². The van der Waals surface area contributed by atoms with Crippen molar-refractivity contribution in [2.45, 2.75) is 52.2 Å². The minimum absolute atomic E-state index is 0.408. The lowest BCUT2D eigenvalue weighted by molar-refractivity contribution is 0.205. The van der Waals surface area contributed by atoms with Crippen molar-refractivity contribution in [3.8, 4) is 0 Å². The molecule has 4 heteroatoms. The molecule has 1 aromatic heterocycles. The number of piperidine rings is 1. The van der Waals surface area contributed by atoms with Gasteiger partial charge in [-0.05, 0) is 46.7 Å². The van der Waals surface area contributed by atoms with E-state index >= 15 is 0 Å². The summed E-state index contributed by atoms with van der Waals surface area (Å²) in [6.45, 7) is 9.68. The first kappa shape index (κ1) is 12.6. The predicted molar refractivity (Wildman–Crippen MR) is 69.8 cm³/mol. The van der Waals surface area contributed by atoms with E-state index in [-0.39, 0.29) is 0 Å². The fraction of sp³-hybridized carbons (Fsp3) is 0.769. The van der Waals surface area contributed by atoms with Crippen molar-refractivity contribution >= 4 is 0 Å². The summed E-state index contributed by atoms with van der Waals surface area (Å²) in [4.78, 5) is 2.48. The molecular weight excluding hydrogens is 212 g/mol. The molecule has 4 nitrogen and oxygen atoms in total. The van der Waals surface area contributed by atoms with Crippen molar-refractivity contribution < 1.29 is 0 Å². The van der Waals surface area contributed by atoms with E-state index in [9.17, 15) is 0 Å². The number of aryl methyl sites for hydroxylation is 1. The van der Waals surface area contributed by atoms with E-state index in [1.54, 1.807) is 0 Å². The van der Waals surface area contributed by atoms with Gasteiger partial charge < -0.3 is 5.73 Å². The maximum absolute atomic E-state index is 5.92.